The molecule has 0 radical (unpaired) electrons. The summed E-state index contributed by atoms with van der Waals surface area (Å²) in [7, 11) is 0. The van der Waals surface area contributed by atoms with Gasteiger partial charge in [-0.1, -0.05) is 73.3 Å². The average molecular weight is 583 g/mol. The highest BCUT2D eigenvalue weighted by molar-refractivity contribution is 7.26. The number of fused-ring (bicyclic) bond motifs is 9. The molecule has 0 bridgehead atoms. The minimum absolute atomic E-state index is 1.18. The Morgan fingerprint density at radius 3 is 1.47 bits per heavy atom. The van der Waals surface area contributed by atoms with Gasteiger partial charge in [-0.05, 0) is 122 Å². The zero-order valence-electron chi connectivity index (χ0n) is 23.6. The van der Waals surface area contributed by atoms with E-state index in [4.69, 9.17) is 0 Å². The summed E-state index contributed by atoms with van der Waals surface area (Å²) in [6, 6.07) is 41.3. The van der Waals surface area contributed by atoms with Crippen LogP contribution in [-0.2, 0) is 0 Å². The molecule has 9 aromatic rings. The molecule has 2 heteroatoms. The smallest absolute Gasteiger partial charge is 0.0361 e. The van der Waals surface area contributed by atoms with Crippen LogP contribution in [0.4, 0.5) is 0 Å². The number of hydrogen-bond donors (Lipinski definition) is 0. The Morgan fingerprint density at radius 2 is 0.930 bits per heavy atom. The Hall–Kier alpha value is -4.76. The van der Waals surface area contributed by atoms with E-state index in [0.717, 1.165) is 0 Å². The predicted molar refractivity (Wildman–Crippen MR) is 195 cm³/mol. The van der Waals surface area contributed by atoms with Gasteiger partial charge < -0.3 is 0 Å². The minimum Gasteiger partial charge on any atom is -0.135 e. The van der Waals surface area contributed by atoms with E-state index < -0.39 is 0 Å². The Kier molecular flexibility index (Phi) is 5.41. The molecule has 0 saturated heterocycles. The molecule has 0 aliphatic rings. The van der Waals surface area contributed by atoms with Gasteiger partial charge in [-0.3, -0.25) is 0 Å². The van der Waals surface area contributed by atoms with Crippen molar-refractivity contribution in [1.29, 1.82) is 0 Å². The van der Waals surface area contributed by atoms with Crippen LogP contribution in [0.5, 0.6) is 0 Å². The third kappa shape index (κ3) is 3.88. The van der Waals surface area contributed by atoms with Crippen molar-refractivity contribution in [3.05, 3.63) is 133 Å². The number of thiophene rings is 2. The summed E-state index contributed by atoms with van der Waals surface area (Å²) < 4.78 is 5.34. The van der Waals surface area contributed by atoms with Gasteiger partial charge in [0.25, 0.3) is 0 Å². The van der Waals surface area contributed by atoms with Crippen molar-refractivity contribution in [2.45, 2.75) is 6.92 Å². The molecule has 7 aromatic carbocycles. The van der Waals surface area contributed by atoms with Crippen LogP contribution in [0.15, 0.2) is 122 Å². The number of rotatable bonds is 3. The molecule has 0 aliphatic carbocycles. The van der Waals surface area contributed by atoms with Crippen molar-refractivity contribution in [3.63, 3.8) is 0 Å². The van der Waals surface area contributed by atoms with Crippen LogP contribution in [0, 0.1) is 0 Å². The van der Waals surface area contributed by atoms with Crippen LogP contribution >= 0.6 is 22.7 Å². The maximum Gasteiger partial charge on any atom is 0.0361 e. The molecule has 0 aliphatic heterocycles. The monoisotopic (exact) mass is 582 g/mol. The normalized spacial score (nSPS) is 12.3. The fourth-order valence-electron chi connectivity index (χ4n) is 6.66. The van der Waals surface area contributed by atoms with Crippen LogP contribution in [0.25, 0.3) is 95.9 Å². The second kappa shape index (κ2) is 9.37. The van der Waals surface area contributed by atoms with Crippen molar-refractivity contribution in [2.24, 2.45) is 0 Å². The molecule has 2 aromatic heterocycles. The zero-order valence-corrected chi connectivity index (χ0v) is 25.3. The molecular weight excluding hydrogens is 557 g/mol. The van der Waals surface area contributed by atoms with Crippen LogP contribution in [0.1, 0.15) is 18.1 Å². The Bertz CT molecular complexity index is 2640. The van der Waals surface area contributed by atoms with Gasteiger partial charge in [0.15, 0.2) is 0 Å². The van der Waals surface area contributed by atoms with E-state index in [0.29, 0.717) is 0 Å². The van der Waals surface area contributed by atoms with E-state index in [2.05, 4.69) is 135 Å². The highest BCUT2D eigenvalue weighted by Gasteiger charge is 2.12. The summed E-state index contributed by atoms with van der Waals surface area (Å²) in [5, 5.41) is 13.0. The molecule has 0 spiro atoms. The predicted octanol–water partition coefficient (Wildman–Crippen LogP) is 13.2. The summed E-state index contributed by atoms with van der Waals surface area (Å²) in [5.74, 6) is 0. The molecule has 0 unspecified atom stereocenters. The van der Waals surface area contributed by atoms with E-state index in [1.165, 1.54) is 94.9 Å². The molecule has 0 atom stereocenters. The fourth-order valence-corrected chi connectivity index (χ4v) is 8.99. The Morgan fingerprint density at radius 1 is 0.465 bits per heavy atom. The van der Waals surface area contributed by atoms with E-state index in [-0.39, 0.29) is 0 Å². The lowest BCUT2D eigenvalue weighted by Gasteiger charge is -2.08. The summed E-state index contributed by atoms with van der Waals surface area (Å²) in [4.78, 5) is 0. The standard InChI is InChI=1S/C41H26S2/c1-3-7-25-20-38-34(16-24(25)4-2)36-18-32-14-28(10-12-30(32)22-40(36)42-38)29-11-13-31-23-41-37(19-33(31)15-29)35-17-26-8-5-6-9-27(26)21-39(35)43-41/h3-23H,2H2,1H3/b7-3-. The highest BCUT2D eigenvalue weighted by Crippen LogP contribution is 2.41. The van der Waals surface area contributed by atoms with Gasteiger partial charge in [-0.25, -0.2) is 0 Å². The zero-order chi connectivity index (χ0) is 28.7. The topological polar surface area (TPSA) is 0 Å². The van der Waals surface area contributed by atoms with E-state index in [1.807, 2.05) is 28.7 Å². The van der Waals surface area contributed by atoms with Crippen LogP contribution < -0.4 is 0 Å². The lowest BCUT2D eigenvalue weighted by molar-refractivity contribution is 1.68. The molecule has 9 rings (SSSR count). The lowest BCUT2D eigenvalue weighted by Crippen LogP contribution is -1.82. The summed E-state index contributed by atoms with van der Waals surface area (Å²) in [6.07, 6.45) is 6.23. The third-order valence-corrected chi connectivity index (χ3v) is 11.1. The number of hydrogen-bond acceptors (Lipinski definition) is 2. The van der Waals surface area contributed by atoms with Gasteiger partial charge in [-0.2, -0.15) is 0 Å². The van der Waals surface area contributed by atoms with Crippen molar-refractivity contribution < 1.29 is 0 Å². The summed E-state index contributed by atoms with van der Waals surface area (Å²) in [5.41, 5.74) is 4.90. The quantitative estimate of drug-likeness (QED) is 0.194. The van der Waals surface area contributed by atoms with Crippen molar-refractivity contribution in [1.82, 2.24) is 0 Å². The maximum absolute atomic E-state index is 4.07. The van der Waals surface area contributed by atoms with E-state index in [1.54, 1.807) is 0 Å². The maximum atomic E-state index is 4.07. The SMILES string of the molecule is C=Cc1cc2c(cc1/C=C\C)sc1cc3ccc(-c4ccc5cc6sc7cc8ccccc8cc7c6cc5c4)cc3cc12. The minimum atomic E-state index is 1.18. The average Bonchev–Trinajstić information content (AvgIpc) is 3.56. The van der Waals surface area contributed by atoms with Gasteiger partial charge in [0.05, 0.1) is 0 Å². The first-order valence-corrected chi connectivity index (χ1v) is 16.3. The Labute approximate surface area is 257 Å². The van der Waals surface area contributed by atoms with Gasteiger partial charge in [0, 0.05) is 40.3 Å². The van der Waals surface area contributed by atoms with Gasteiger partial charge >= 0.3 is 0 Å². The van der Waals surface area contributed by atoms with E-state index in [9.17, 15) is 0 Å². The first-order valence-electron chi connectivity index (χ1n) is 14.6. The Balaban J connectivity index is 1.19. The van der Waals surface area contributed by atoms with Crippen LogP contribution in [0.2, 0.25) is 0 Å². The summed E-state index contributed by atoms with van der Waals surface area (Å²) >= 11 is 3.77. The molecule has 202 valence electrons. The van der Waals surface area contributed by atoms with Crippen molar-refractivity contribution >= 4 is 107 Å². The first kappa shape index (κ1) is 24.8. The fraction of sp³-hybridized carbons (Fsp3) is 0.0244. The lowest BCUT2D eigenvalue weighted by atomic mass is 9.96. The van der Waals surface area contributed by atoms with Gasteiger partial charge in [-0.15, -0.1) is 22.7 Å². The second-order valence-corrected chi connectivity index (χ2v) is 13.6. The largest absolute Gasteiger partial charge is 0.135 e. The van der Waals surface area contributed by atoms with Crippen molar-refractivity contribution in [3.8, 4) is 11.1 Å². The summed E-state index contributed by atoms with van der Waals surface area (Å²) in [6.45, 7) is 6.14. The molecule has 0 fully saturated rings. The molecule has 2 heterocycles. The third-order valence-electron chi connectivity index (χ3n) is 8.83. The molecule has 0 nitrogen and oxygen atoms in total. The second-order valence-electron chi connectivity index (χ2n) is 11.4. The molecular formula is C41H26S2. The molecule has 0 N–H and O–H groups in total. The highest BCUT2D eigenvalue weighted by atomic mass is 32.1. The van der Waals surface area contributed by atoms with Crippen LogP contribution in [0.3, 0.4) is 0 Å². The molecule has 43 heavy (non-hydrogen) atoms. The molecule has 0 saturated carbocycles. The van der Waals surface area contributed by atoms with Gasteiger partial charge in [0.1, 0.15) is 0 Å². The van der Waals surface area contributed by atoms with E-state index >= 15 is 0 Å². The number of benzene rings is 7. The molecule has 0 amide bonds. The van der Waals surface area contributed by atoms with Gasteiger partial charge in [0.2, 0.25) is 0 Å². The number of allylic oxidation sites excluding steroid dienone is 1. The first-order chi connectivity index (χ1) is 21.1. The van der Waals surface area contributed by atoms with Crippen molar-refractivity contribution in [2.75, 3.05) is 0 Å². The van der Waals surface area contributed by atoms with Crippen LogP contribution in [-0.4, -0.2) is 0 Å².